The van der Waals surface area contributed by atoms with Gasteiger partial charge in [0.15, 0.2) is 0 Å². The van der Waals surface area contributed by atoms with Gasteiger partial charge in [0.2, 0.25) is 5.91 Å². The van der Waals surface area contributed by atoms with E-state index in [1.807, 2.05) is 7.05 Å². The minimum Gasteiger partial charge on any atom is -0.385 e. The third-order valence-electron chi connectivity index (χ3n) is 2.91. The zero-order valence-corrected chi connectivity index (χ0v) is 13.4. The Balaban J connectivity index is 0.00000441. The van der Waals surface area contributed by atoms with E-state index in [0.29, 0.717) is 19.5 Å². The van der Waals surface area contributed by atoms with Crippen molar-refractivity contribution in [2.75, 3.05) is 32.0 Å². The van der Waals surface area contributed by atoms with Gasteiger partial charge in [-0.05, 0) is 38.6 Å². The van der Waals surface area contributed by atoms with Crippen molar-refractivity contribution in [2.24, 2.45) is 0 Å². The lowest BCUT2D eigenvalue weighted by atomic mass is 10.2. The number of rotatable bonds is 10. The molecule has 22 heavy (non-hydrogen) atoms. The van der Waals surface area contributed by atoms with E-state index < -0.39 is 4.92 Å². The van der Waals surface area contributed by atoms with Gasteiger partial charge in [-0.1, -0.05) is 0 Å². The number of nitro benzene ring substituents is 1. The van der Waals surface area contributed by atoms with Crippen LogP contribution < -0.4 is 16.0 Å². The van der Waals surface area contributed by atoms with Crippen molar-refractivity contribution < 1.29 is 9.72 Å². The Morgan fingerprint density at radius 1 is 1.14 bits per heavy atom. The van der Waals surface area contributed by atoms with Crippen LogP contribution in [0.3, 0.4) is 0 Å². The molecule has 0 aliphatic carbocycles. The Morgan fingerprint density at radius 2 is 1.82 bits per heavy atom. The summed E-state index contributed by atoms with van der Waals surface area (Å²) in [5.74, 6) is 0.0524. The molecular weight excluding hydrogens is 308 g/mol. The molecule has 0 saturated heterocycles. The summed E-state index contributed by atoms with van der Waals surface area (Å²) in [4.78, 5) is 21.6. The smallest absolute Gasteiger partial charge is 0.269 e. The normalized spacial score (nSPS) is 9.68. The van der Waals surface area contributed by atoms with E-state index >= 15 is 0 Å². The van der Waals surface area contributed by atoms with Gasteiger partial charge >= 0.3 is 0 Å². The molecule has 7 nitrogen and oxygen atoms in total. The average Bonchev–Trinajstić information content (AvgIpc) is 2.48. The molecule has 0 aliphatic rings. The van der Waals surface area contributed by atoms with Crippen molar-refractivity contribution in [3.8, 4) is 0 Å². The van der Waals surface area contributed by atoms with Crippen LogP contribution in [0, 0.1) is 10.1 Å². The summed E-state index contributed by atoms with van der Waals surface area (Å²) in [6, 6.07) is 6.24. The number of hydrogen-bond donors (Lipinski definition) is 3. The Labute approximate surface area is 136 Å². The second-order valence-electron chi connectivity index (χ2n) is 4.64. The number of anilines is 1. The van der Waals surface area contributed by atoms with Crippen molar-refractivity contribution in [1.29, 1.82) is 0 Å². The van der Waals surface area contributed by atoms with Crippen LogP contribution in [0.5, 0.6) is 0 Å². The molecule has 0 saturated carbocycles. The molecule has 3 N–H and O–H groups in total. The number of halogens is 1. The van der Waals surface area contributed by atoms with Crippen LogP contribution in [0.4, 0.5) is 11.4 Å². The third-order valence-corrected chi connectivity index (χ3v) is 2.91. The summed E-state index contributed by atoms with van der Waals surface area (Å²) in [6.07, 6.45) is 2.11. The maximum Gasteiger partial charge on any atom is 0.269 e. The van der Waals surface area contributed by atoms with Gasteiger partial charge in [0, 0.05) is 37.3 Å². The van der Waals surface area contributed by atoms with Crippen molar-refractivity contribution >= 4 is 29.7 Å². The molecule has 0 heterocycles. The fraction of sp³-hybridized carbons (Fsp3) is 0.500. The molecule has 0 aliphatic heterocycles. The van der Waals surface area contributed by atoms with Gasteiger partial charge in [-0.2, -0.15) is 0 Å². The molecule has 0 bridgehead atoms. The number of non-ortho nitro benzene ring substituents is 1. The monoisotopic (exact) mass is 330 g/mol. The van der Waals surface area contributed by atoms with E-state index in [-0.39, 0.29) is 24.0 Å². The highest BCUT2D eigenvalue weighted by Crippen LogP contribution is 2.15. The van der Waals surface area contributed by atoms with E-state index in [4.69, 9.17) is 0 Å². The van der Waals surface area contributed by atoms with Crippen molar-refractivity contribution in [3.05, 3.63) is 34.4 Å². The number of carbonyl (C=O) groups excluding carboxylic acids is 1. The summed E-state index contributed by atoms with van der Waals surface area (Å²) < 4.78 is 0. The maximum absolute atomic E-state index is 11.5. The van der Waals surface area contributed by atoms with Crippen LogP contribution >= 0.6 is 12.4 Å². The van der Waals surface area contributed by atoms with Crippen LogP contribution in [-0.4, -0.2) is 37.5 Å². The van der Waals surface area contributed by atoms with Crippen LogP contribution in [0.15, 0.2) is 24.3 Å². The Kier molecular flexibility index (Phi) is 10.8. The van der Waals surface area contributed by atoms with Gasteiger partial charge in [-0.15, -0.1) is 12.4 Å². The number of benzene rings is 1. The SMILES string of the molecule is CNCCCNC(=O)CCCNc1ccc([N+](=O)[O-])cc1.Cl. The Bertz CT molecular complexity index is 454. The molecule has 1 amide bonds. The largest absolute Gasteiger partial charge is 0.385 e. The van der Waals surface area contributed by atoms with Crippen molar-refractivity contribution in [3.63, 3.8) is 0 Å². The van der Waals surface area contributed by atoms with Crippen LogP contribution in [0.1, 0.15) is 19.3 Å². The lowest BCUT2D eigenvalue weighted by molar-refractivity contribution is -0.384. The number of carbonyl (C=O) groups is 1. The summed E-state index contributed by atoms with van der Waals surface area (Å²) in [7, 11) is 1.88. The first-order chi connectivity index (χ1) is 10.1. The van der Waals surface area contributed by atoms with E-state index in [1.165, 1.54) is 12.1 Å². The van der Waals surface area contributed by atoms with Crippen LogP contribution in [-0.2, 0) is 4.79 Å². The predicted octanol–water partition coefficient (Wildman–Crippen LogP) is 1.93. The first-order valence-corrected chi connectivity index (χ1v) is 7.03. The first kappa shape index (κ1) is 20.1. The summed E-state index contributed by atoms with van der Waals surface area (Å²) in [5.41, 5.74) is 0.886. The number of hydrogen-bond acceptors (Lipinski definition) is 5. The molecule has 8 heteroatoms. The van der Waals surface area contributed by atoms with Gasteiger partial charge in [0.1, 0.15) is 0 Å². The molecule has 124 valence electrons. The molecular formula is C14H23ClN4O3. The fourth-order valence-corrected chi connectivity index (χ4v) is 1.76. The zero-order chi connectivity index (χ0) is 15.5. The minimum atomic E-state index is -0.428. The third kappa shape index (κ3) is 8.43. The second kappa shape index (κ2) is 11.8. The molecule has 0 atom stereocenters. The molecule has 0 spiro atoms. The van der Waals surface area contributed by atoms with Gasteiger partial charge in [-0.3, -0.25) is 14.9 Å². The molecule has 1 rings (SSSR count). The number of nitrogens with one attached hydrogen (secondary N) is 3. The quantitative estimate of drug-likeness (QED) is 0.346. The van der Waals surface area contributed by atoms with Crippen LogP contribution in [0.25, 0.3) is 0 Å². The lowest BCUT2D eigenvalue weighted by Gasteiger charge is -2.07. The Hall–Kier alpha value is -1.86. The summed E-state index contributed by atoms with van der Waals surface area (Å²) in [6.45, 7) is 2.24. The number of nitrogens with zero attached hydrogens (tertiary/aromatic N) is 1. The maximum atomic E-state index is 11.5. The molecule has 0 aromatic heterocycles. The molecule has 1 aromatic rings. The fourth-order valence-electron chi connectivity index (χ4n) is 1.76. The number of amides is 1. The standard InChI is InChI=1S/C14H22N4O3.ClH/c1-15-9-3-11-17-14(19)4-2-10-16-12-5-7-13(8-6-12)18(20)21;/h5-8,15-16H,2-4,9-11H2,1H3,(H,17,19);1H. The lowest BCUT2D eigenvalue weighted by Crippen LogP contribution is -2.26. The van der Waals surface area contributed by atoms with E-state index in [2.05, 4.69) is 16.0 Å². The number of nitro groups is 1. The summed E-state index contributed by atoms with van der Waals surface area (Å²) in [5, 5.41) is 19.5. The van der Waals surface area contributed by atoms with Gasteiger partial charge in [0.05, 0.1) is 4.92 Å². The second-order valence-corrected chi connectivity index (χ2v) is 4.64. The first-order valence-electron chi connectivity index (χ1n) is 7.03. The molecule has 0 radical (unpaired) electrons. The zero-order valence-electron chi connectivity index (χ0n) is 12.6. The highest BCUT2D eigenvalue weighted by molar-refractivity contribution is 5.85. The van der Waals surface area contributed by atoms with E-state index in [0.717, 1.165) is 25.1 Å². The highest BCUT2D eigenvalue weighted by Gasteiger charge is 2.04. The van der Waals surface area contributed by atoms with E-state index in [1.54, 1.807) is 12.1 Å². The highest BCUT2D eigenvalue weighted by atomic mass is 35.5. The topological polar surface area (TPSA) is 96.3 Å². The molecule has 1 aromatic carbocycles. The Morgan fingerprint density at radius 3 is 2.41 bits per heavy atom. The van der Waals surface area contributed by atoms with E-state index in [9.17, 15) is 14.9 Å². The van der Waals surface area contributed by atoms with Crippen LogP contribution in [0.2, 0.25) is 0 Å². The van der Waals surface area contributed by atoms with Gasteiger partial charge in [-0.25, -0.2) is 0 Å². The predicted molar refractivity (Wildman–Crippen MR) is 89.6 cm³/mol. The van der Waals surface area contributed by atoms with Crippen molar-refractivity contribution in [2.45, 2.75) is 19.3 Å². The average molecular weight is 331 g/mol. The van der Waals surface area contributed by atoms with Crippen molar-refractivity contribution in [1.82, 2.24) is 10.6 Å². The van der Waals surface area contributed by atoms with Gasteiger partial charge in [0.25, 0.3) is 5.69 Å². The minimum absolute atomic E-state index is 0. The molecule has 0 fully saturated rings. The summed E-state index contributed by atoms with van der Waals surface area (Å²) >= 11 is 0. The molecule has 0 unspecified atom stereocenters. The van der Waals surface area contributed by atoms with Gasteiger partial charge < -0.3 is 16.0 Å².